The molecule has 6 heteroatoms. The van der Waals surface area contributed by atoms with Crippen LogP contribution in [0.25, 0.3) is 16.7 Å². The minimum Gasteiger partial charge on any atom is -0.192 e. The largest absolute Gasteiger partial charge is 0.192 e. The van der Waals surface area contributed by atoms with Crippen LogP contribution in [0, 0.1) is 45.3 Å². The average Bonchev–Trinajstić information content (AvgIpc) is 3.15. The maximum absolute atomic E-state index is 9.77. The average molecular weight is 538 g/mol. The molecular formula is C26H11IN4S. The van der Waals surface area contributed by atoms with Gasteiger partial charge in [0.15, 0.2) is 0 Å². The van der Waals surface area contributed by atoms with Crippen molar-refractivity contribution in [1.29, 1.82) is 21.0 Å². The smallest absolute Gasteiger partial charge is 0.138 e. The summed E-state index contributed by atoms with van der Waals surface area (Å²) in [5.41, 5.74) is 4.39. The number of fused-ring (bicyclic) bond motifs is 2. The van der Waals surface area contributed by atoms with Gasteiger partial charge < -0.3 is 0 Å². The van der Waals surface area contributed by atoms with Crippen molar-refractivity contribution in [1.82, 2.24) is 0 Å². The highest BCUT2D eigenvalue weighted by Gasteiger charge is 2.35. The summed E-state index contributed by atoms with van der Waals surface area (Å²) in [7, 11) is 0. The predicted octanol–water partition coefficient (Wildman–Crippen LogP) is 6.69. The molecular weight excluding hydrogens is 527 g/mol. The minimum atomic E-state index is -0.0553. The van der Waals surface area contributed by atoms with Crippen molar-refractivity contribution in [3.63, 3.8) is 0 Å². The summed E-state index contributed by atoms with van der Waals surface area (Å²) >= 11 is 3.77. The summed E-state index contributed by atoms with van der Waals surface area (Å²) in [5, 5.41) is 39.1. The van der Waals surface area contributed by atoms with Crippen LogP contribution >= 0.6 is 34.4 Å². The molecule has 4 nitrogen and oxygen atoms in total. The summed E-state index contributed by atoms with van der Waals surface area (Å²) < 4.78 is 1.91. The van der Waals surface area contributed by atoms with Crippen LogP contribution in [0.3, 0.4) is 0 Å². The van der Waals surface area contributed by atoms with Gasteiger partial charge in [-0.05, 0) is 44.6 Å². The van der Waals surface area contributed by atoms with E-state index in [-0.39, 0.29) is 11.1 Å². The maximum atomic E-state index is 9.77. The highest BCUT2D eigenvalue weighted by molar-refractivity contribution is 14.1. The van der Waals surface area contributed by atoms with E-state index in [0.29, 0.717) is 27.8 Å². The lowest BCUT2D eigenvalue weighted by atomic mass is 9.88. The Morgan fingerprint density at radius 3 is 1.75 bits per heavy atom. The Bertz CT molecular complexity index is 1390. The van der Waals surface area contributed by atoms with Crippen molar-refractivity contribution in [3.8, 4) is 24.3 Å². The van der Waals surface area contributed by atoms with E-state index in [4.69, 9.17) is 0 Å². The lowest BCUT2D eigenvalue weighted by Crippen LogP contribution is -1.99. The molecule has 0 radical (unpaired) electrons. The number of allylic oxidation sites excluding steroid dienone is 8. The van der Waals surface area contributed by atoms with Gasteiger partial charge in [0.25, 0.3) is 0 Å². The van der Waals surface area contributed by atoms with Crippen LogP contribution in [-0.2, 0) is 0 Å². The Labute approximate surface area is 203 Å². The molecule has 2 aromatic carbocycles. The molecule has 2 aromatic rings. The van der Waals surface area contributed by atoms with E-state index in [1.54, 1.807) is 11.8 Å². The molecule has 0 saturated carbocycles. The Kier molecular flexibility index (Phi) is 6.11. The van der Waals surface area contributed by atoms with Crippen LogP contribution in [0.2, 0.25) is 0 Å². The third-order valence-corrected chi connectivity index (χ3v) is 6.53. The number of hydrogen-bond acceptors (Lipinski definition) is 5. The third-order valence-electron chi connectivity index (χ3n) is 5.10. The first-order chi connectivity index (χ1) is 15.7. The van der Waals surface area contributed by atoms with E-state index >= 15 is 0 Å². The van der Waals surface area contributed by atoms with Crippen LogP contribution < -0.4 is 0 Å². The number of rotatable bonds is 1. The fraction of sp³-hybridized carbons (Fsp3) is 0. The first kappa shape index (κ1) is 21.4. The van der Waals surface area contributed by atoms with Gasteiger partial charge in [-0.15, -0.1) is 0 Å². The van der Waals surface area contributed by atoms with Crippen molar-refractivity contribution in [2.45, 2.75) is 4.90 Å². The number of thioether (sulfide) groups is 1. The minimum absolute atomic E-state index is 0.0553. The molecule has 0 amide bonds. The van der Waals surface area contributed by atoms with E-state index in [9.17, 15) is 21.0 Å². The molecule has 32 heavy (non-hydrogen) atoms. The van der Waals surface area contributed by atoms with Gasteiger partial charge in [0.2, 0.25) is 0 Å². The second-order valence-electron chi connectivity index (χ2n) is 6.72. The molecule has 0 aromatic heterocycles. The van der Waals surface area contributed by atoms with Gasteiger partial charge >= 0.3 is 0 Å². The lowest BCUT2D eigenvalue weighted by molar-refractivity contribution is 1.38. The lowest BCUT2D eigenvalue weighted by Gasteiger charge is -2.20. The van der Waals surface area contributed by atoms with Crippen LogP contribution in [0.15, 0.2) is 91.3 Å². The van der Waals surface area contributed by atoms with E-state index in [1.165, 1.54) is 0 Å². The monoisotopic (exact) mass is 538 g/mol. The summed E-state index contributed by atoms with van der Waals surface area (Å²) in [5.74, 6) is 0. The maximum Gasteiger partial charge on any atom is 0.138 e. The zero-order chi connectivity index (χ0) is 22.7. The number of benzene rings is 2. The van der Waals surface area contributed by atoms with Gasteiger partial charge in [0.05, 0.1) is 0 Å². The second-order valence-corrected chi connectivity index (χ2v) is 8.55. The van der Waals surface area contributed by atoms with E-state index in [2.05, 4.69) is 22.6 Å². The Hall–Kier alpha value is -3.82. The van der Waals surface area contributed by atoms with Crippen molar-refractivity contribution < 1.29 is 0 Å². The first-order valence-electron chi connectivity index (χ1n) is 9.37. The fourth-order valence-corrected chi connectivity index (χ4v) is 5.51. The number of nitrogens with zero attached hydrogens (tertiary/aromatic N) is 4. The van der Waals surface area contributed by atoms with Crippen LogP contribution in [-0.4, -0.2) is 0 Å². The SMILES string of the molecule is N#CC(C#N)=C1C(=C2C=C(/C=C/I)Sc3ccccc32)C(=C(C#N)C#N)c2ccccc21. The van der Waals surface area contributed by atoms with Gasteiger partial charge in [0, 0.05) is 26.5 Å². The Morgan fingerprint density at radius 2 is 1.25 bits per heavy atom. The number of nitriles is 4. The van der Waals surface area contributed by atoms with E-state index in [0.717, 1.165) is 20.9 Å². The normalized spacial score (nSPS) is 14.0. The van der Waals surface area contributed by atoms with Crippen LogP contribution in [0.5, 0.6) is 0 Å². The molecule has 2 aliphatic rings. The molecule has 0 bridgehead atoms. The summed E-state index contributed by atoms with van der Waals surface area (Å²) in [6, 6.07) is 23.2. The Morgan fingerprint density at radius 1 is 0.750 bits per heavy atom. The molecule has 1 heterocycles. The molecule has 0 spiro atoms. The highest BCUT2D eigenvalue weighted by Crippen LogP contribution is 2.53. The molecule has 0 N–H and O–H groups in total. The summed E-state index contributed by atoms with van der Waals surface area (Å²) in [6.07, 6.45) is 3.96. The predicted molar refractivity (Wildman–Crippen MR) is 133 cm³/mol. The zero-order valence-corrected chi connectivity index (χ0v) is 19.4. The number of hydrogen-bond donors (Lipinski definition) is 0. The van der Waals surface area contributed by atoms with E-state index < -0.39 is 0 Å². The Balaban J connectivity index is 2.28. The van der Waals surface area contributed by atoms with Crippen molar-refractivity contribution in [2.24, 2.45) is 0 Å². The molecule has 0 fully saturated rings. The molecule has 0 atom stereocenters. The summed E-state index contributed by atoms with van der Waals surface area (Å²) in [4.78, 5) is 1.99. The van der Waals surface area contributed by atoms with Gasteiger partial charge in [-0.25, -0.2) is 0 Å². The van der Waals surface area contributed by atoms with Gasteiger partial charge in [-0.1, -0.05) is 76.8 Å². The second kappa shape index (κ2) is 9.13. The standard InChI is InChI=1S/C26H11IN4S/c27-10-9-18-11-22(19-5-3-4-8-23(19)32-18)26-24(16(12-28)13-29)20-6-1-2-7-21(20)25(26)17(14-30)15-31/h1-11H/b10-9+. The number of halogens is 1. The first-order valence-corrected chi connectivity index (χ1v) is 11.4. The van der Waals surface area contributed by atoms with Gasteiger partial charge in [-0.2, -0.15) is 21.0 Å². The van der Waals surface area contributed by atoms with Crippen molar-refractivity contribution >= 4 is 51.1 Å². The molecule has 1 aliphatic carbocycles. The van der Waals surface area contributed by atoms with Gasteiger partial charge in [0.1, 0.15) is 35.4 Å². The van der Waals surface area contributed by atoms with Crippen LogP contribution in [0.4, 0.5) is 0 Å². The molecule has 148 valence electrons. The zero-order valence-electron chi connectivity index (χ0n) is 16.4. The molecule has 0 unspecified atom stereocenters. The third kappa shape index (κ3) is 3.47. The quantitative estimate of drug-likeness (QED) is 0.298. The van der Waals surface area contributed by atoms with Crippen LogP contribution in [0.1, 0.15) is 16.7 Å². The fourth-order valence-electron chi connectivity index (χ4n) is 3.88. The molecule has 1 aliphatic heterocycles. The van der Waals surface area contributed by atoms with Crippen molar-refractivity contribution in [2.75, 3.05) is 0 Å². The molecule has 4 rings (SSSR count). The summed E-state index contributed by atoms with van der Waals surface area (Å²) in [6.45, 7) is 0. The highest BCUT2D eigenvalue weighted by atomic mass is 127. The van der Waals surface area contributed by atoms with E-state index in [1.807, 2.05) is 89.0 Å². The van der Waals surface area contributed by atoms with Crippen molar-refractivity contribution in [3.05, 3.63) is 103 Å². The van der Waals surface area contributed by atoms with Gasteiger partial charge in [-0.3, -0.25) is 0 Å². The molecule has 0 saturated heterocycles. The topological polar surface area (TPSA) is 95.2 Å².